The van der Waals surface area contributed by atoms with Crippen LogP contribution in [0.2, 0.25) is 0 Å². The number of benzene rings is 1. The molecule has 0 radical (unpaired) electrons. The number of pyridine rings is 1. The summed E-state index contributed by atoms with van der Waals surface area (Å²) in [6.07, 6.45) is 1.62. The van der Waals surface area contributed by atoms with Crippen molar-refractivity contribution < 1.29 is 8.60 Å². The van der Waals surface area contributed by atoms with Crippen LogP contribution in [-0.4, -0.2) is 9.19 Å². The zero-order valence-electron chi connectivity index (χ0n) is 9.27. The molecule has 0 saturated heterocycles. The summed E-state index contributed by atoms with van der Waals surface area (Å²) >= 11 is 3.26. The maximum atomic E-state index is 13.6. The Kier molecular flexibility index (Phi) is 4.08. The van der Waals surface area contributed by atoms with E-state index in [2.05, 4.69) is 20.9 Å². The third kappa shape index (κ3) is 3.14. The molecule has 1 atom stereocenters. The van der Waals surface area contributed by atoms with Crippen molar-refractivity contribution in [3.8, 4) is 0 Å². The van der Waals surface area contributed by atoms with E-state index in [0.717, 1.165) is 4.47 Å². The number of nitrogens with zero attached hydrogens (tertiary/aromatic N) is 1. The minimum atomic E-state index is -1.47. The molecule has 0 bridgehead atoms. The molecule has 6 heteroatoms. The highest BCUT2D eigenvalue weighted by molar-refractivity contribution is 9.10. The number of nitrogen functional groups attached to an aromatic ring is 1. The second kappa shape index (κ2) is 5.58. The molecule has 0 aliphatic heterocycles. The Bertz CT molecular complexity index is 589. The van der Waals surface area contributed by atoms with Gasteiger partial charge in [-0.25, -0.2) is 4.39 Å². The molecule has 3 nitrogen and oxygen atoms in total. The molecule has 0 aliphatic rings. The van der Waals surface area contributed by atoms with E-state index in [1.54, 1.807) is 18.3 Å². The second-order valence-corrected chi connectivity index (χ2v) is 5.98. The molecule has 2 N–H and O–H groups in total. The molecule has 1 unspecified atom stereocenters. The predicted octanol–water partition coefficient (Wildman–Crippen LogP) is 2.87. The lowest BCUT2D eigenvalue weighted by Crippen LogP contribution is -2.01. The molecule has 18 heavy (non-hydrogen) atoms. The standard InChI is InChI=1S/C12H10BrFN2OS/c13-8-1-3-10(16-6-8)7-18(17)12-4-2-9(15)5-11(12)14/h1-6H,7,15H2. The molecule has 2 rings (SSSR count). The molecule has 0 amide bonds. The molecule has 0 spiro atoms. The van der Waals surface area contributed by atoms with E-state index < -0.39 is 16.6 Å². The summed E-state index contributed by atoms with van der Waals surface area (Å²) in [5, 5.41) is 0. The van der Waals surface area contributed by atoms with Crippen molar-refractivity contribution in [2.45, 2.75) is 10.6 Å². The number of hydrogen-bond acceptors (Lipinski definition) is 3. The number of aromatic nitrogens is 1. The number of rotatable bonds is 3. The summed E-state index contributed by atoms with van der Waals surface area (Å²) in [5.74, 6) is -0.376. The van der Waals surface area contributed by atoms with Gasteiger partial charge in [-0.3, -0.25) is 9.19 Å². The lowest BCUT2D eigenvalue weighted by atomic mass is 10.3. The van der Waals surface area contributed by atoms with E-state index >= 15 is 0 Å². The quantitative estimate of drug-likeness (QED) is 0.881. The highest BCUT2D eigenvalue weighted by Gasteiger charge is 2.11. The van der Waals surface area contributed by atoms with Gasteiger partial charge in [-0.1, -0.05) is 0 Å². The van der Waals surface area contributed by atoms with E-state index in [0.29, 0.717) is 11.4 Å². The SMILES string of the molecule is Nc1ccc(S(=O)Cc2ccc(Br)cn2)c(F)c1. The first-order valence-corrected chi connectivity index (χ1v) is 7.21. The molecule has 1 heterocycles. The van der Waals surface area contributed by atoms with E-state index in [9.17, 15) is 8.60 Å². The lowest BCUT2D eigenvalue weighted by molar-refractivity contribution is 0.596. The Labute approximate surface area is 115 Å². The zero-order chi connectivity index (χ0) is 13.1. The molecular formula is C12H10BrFN2OS. The Balaban J connectivity index is 2.19. The average molecular weight is 329 g/mol. The summed E-state index contributed by atoms with van der Waals surface area (Å²) in [7, 11) is -1.47. The Morgan fingerprint density at radius 1 is 1.33 bits per heavy atom. The van der Waals surface area contributed by atoms with Crippen LogP contribution in [0.15, 0.2) is 45.9 Å². The Morgan fingerprint density at radius 2 is 2.11 bits per heavy atom. The van der Waals surface area contributed by atoms with Gasteiger partial charge in [0.1, 0.15) is 5.82 Å². The predicted molar refractivity (Wildman–Crippen MR) is 72.9 cm³/mol. The molecule has 0 fully saturated rings. The van der Waals surface area contributed by atoms with Crippen molar-refractivity contribution >= 4 is 32.4 Å². The van der Waals surface area contributed by atoms with Crippen LogP contribution in [0.5, 0.6) is 0 Å². The van der Waals surface area contributed by atoms with Crippen LogP contribution in [0.25, 0.3) is 0 Å². The topological polar surface area (TPSA) is 56.0 Å². The molecule has 2 aromatic rings. The van der Waals surface area contributed by atoms with Crippen molar-refractivity contribution in [2.24, 2.45) is 0 Å². The maximum absolute atomic E-state index is 13.6. The lowest BCUT2D eigenvalue weighted by Gasteiger charge is -2.04. The average Bonchev–Trinajstić information content (AvgIpc) is 2.32. The van der Waals surface area contributed by atoms with Gasteiger partial charge in [0.05, 0.1) is 27.1 Å². The number of nitrogens with two attached hydrogens (primary N) is 1. The van der Waals surface area contributed by atoms with Crippen molar-refractivity contribution in [1.29, 1.82) is 0 Å². The summed E-state index contributed by atoms with van der Waals surface area (Å²) in [4.78, 5) is 4.25. The second-order valence-electron chi connectivity index (χ2n) is 3.65. The van der Waals surface area contributed by atoms with Crippen molar-refractivity contribution in [3.63, 3.8) is 0 Å². The fourth-order valence-electron chi connectivity index (χ4n) is 1.41. The Hall–Kier alpha value is -1.27. The summed E-state index contributed by atoms with van der Waals surface area (Å²) in [6, 6.07) is 7.70. The number of anilines is 1. The van der Waals surface area contributed by atoms with Gasteiger partial charge in [-0.2, -0.15) is 0 Å². The molecule has 94 valence electrons. The van der Waals surface area contributed by atoms with Crippen LogP contribution < -0.4 is 5.73 Å². The normalized spacial score (nSPS) is 12.3. The highest BCUT2D eigenvalue weighted by atomic mass is 79.9. The van der Waals surface area contributed by atoms with E-state index in [1.807, 2.05) is 0 Å². The van der Waals surface area contributed by atoms with E-state index in [-0.39, 0.29) is 10.6 Å². The first-order chi connectivity index (χ1) is 8.56. The number of hydrogen-bond donors (Lipinski definition) is 1. The minimum absolute atomic E-state index is 0.147. The molecule has 0 aliphatic carbocycles. The Morgan fingerprint density at radius 3 is 2.72 bits per heavy atom. The van der Waals surface area contributed by atoms with Gasteiger partial charge in [0.2, 0.25) is 0 Å². The summed E-state index contributed by atoms with van der Waals surface area (Å²) in [6.45, 7) is 0. The largest absolute Gasteiger partial charge is 0.399 e. The molecule has 1 aromatic heterocycles. The van der Waals surface area contributed by atoms with Gasteiger partial charge in [0.15, 0.2) is 0 Å². The third-order valence-corrected chi connectivity index (χ3v) is 4.12. The maximum Gasteiger partial charge on any atom is 0.141 e. The third-order valence-electron chi connectivity index (χ3n) is 2.27. The molecule has 0 saturated carbocycles. The monoisotopic (exact) mass is 328 g/mol. The van der Waals surface area contributed by atoms with Crippen LogP contribution >= 0.6 is 15.9 Å². The van der Waals surface area contributed by atoms with Gasteiger partial charge < -0.3 is 5.73 Å². The van der Waals surface area contributed by atoms with Gasteiger partial charge in [0, 0.05) is 16.4 Å². The summed E-state index contributed by atoms with van der Waals surface area (Å²) in [5.41, 5.74) is 6.40. The number of halogens is 2. The zero-order valence-corrected chi connectivity index (χ0v) is 11.7. The van der Waals surface area contributed by atoms with Gasteiger partial charge in [-0.05, 0) is 46.3 Å². The van der Waals surface area contributed by atoms with Crippen molar-refractivity contribution in [1.82, 2.24) is 4.98 Å². The fraction of sp³-hybridized carbons (Fsp3) is 0.0833. The van der Waals surface area contributed by atoms with Crippen LogP contribution in [0, 0.1) is 5.82 Å². The van der Waals surface area contributed by atoms with E-state index in [4.69, 9.17) is 5.73 Å². The van der Waals surface area contributed by atoms with Crippen molar-refractivity contribution in [2.75, 3.05) is 5.73 Å². The van der Waals surface area contributed by atoms with Crippen molar-refractivity contribution in [3.05, 3.63) is 52.5 Å². The first-order valence-electron chi connectivity index (χ1n) is 5.10. The van der Waals surface area contributed by atoms with Gasteiger partial charge >= 0.3 is 0 Å². The summed E-state index contributed by atoms with van der Waals surface area (Å²) < 4.78 is 26.4. The van der Waals surface area contributed by atoms with Crippen LogP contribution in [0.4, 0.5) is 10.1 Å². The minimum Gasteiger partial charge on any atom is -0.399 e. The highest BCUT2D eigenvalue weighted by Crippen LogP contribution is 2.18. The van der Waals surface area contributed by atoms with E-state index in [1.165, 1.54) is 18.2 Å². The van der Waals surface area contributed by atoms with Gasteiger partial charge in [0.25, 0.3) is 0 Å². The molecule has 1 aromatic carbocycles. The van der Waals surface area contributed by atoms with Crippen LogP contribution in [0.3, 0.4) is 0 Å². The fourth-order valence-corrected chi connectivity index (χ4v) is 2.73. The first kappa shape index (κ1) is 13.2. The van der Waals surface area contributed by atoms with Crippen LogP contribution in [-0.2, 0) is 16.6 Å². The molecular weight excluding hydrogens is 319 g/mol. The van der Waals surface area contributed by atoms with Crippen LogP contribution in [0.1, 0.15) is 5.69 Å². The van der Waals surface area contributed by atoms with Gasteiger partial charge in [-0.15, -0.1) is 0 Å². The smallest absolute Gasteiger partial charge is 0.141 e.